The van der Waals surface area contributed by atoms with Crippen LogP contribution >= 0.6 is 11.5 Å². The third-order valence-electron chi connectivity index (χ3n) is 4.95. The highest BCUT2D eigenvalue weighted by Crippen LogP contribution is 2.30. The van der Waals surface area contributed by atoms with Crippen LogP contribution in [0.3, 0.4) is 0 Å². The minimum absolute atomic E-state index is 0.171. The van der Waals surface area contributed by atoms with E-state index in [1.165, 1.54) is 11.2 Å². The second-order valence-electron chi connectivity index (χ2n) is 7.25. The molecule has 0 fully saturated rings. The molecule has 0 saturated heterocycles. The Morgan fingerprint density at radius 3 is 2.62 bits per heavy atom. The van der Waals surface area contributed by atoms with E-state index in [2.05, 4.69) is 14.9 Å². The minimum atomic E-state index is -1.00. The van der Waals surface area contributed by atoms with E-state index in [1.54, 1.807) is 23.6 Å². The van der Waals surface area contributed by atoms with Crippen LogP contribution in [0.4, 0.5) is 5.69 Å². The second-order valence-corrected chi connectivity index (χ2v) is 7.86. The normalized spacial score (nSPS) is 11.7. The summed E-state index contributed by atoms with van der Waals surface area (Å²) < 4.78 is 9.40. The van der Waals surface area contributed by atoms with Crippen molar-refractivity contribution in [2.24, 2.45) is 0 Å². The molecule has 0 saturated carbocycles. The summed E-state index contributed by atoms with van der Waals surface area (Å²) in [4.78, 5) is 28.3. The zero-order valence-electron chi connectivity index (χ0n) is 17.5. The second kappa shape index (κ2) is 10.0. The summed E-state index contributed by atoms with van der Waals surface area (Å²) >= 11 is 1.08. The van der Waals surface area contributed by atoms with Gasteiger partial charge in [-0.1, -0.05) is 47.0 Å². The van der Waals surface area contributed by atoms with Gasteiger partial charge in [-0.15, -0.1) is 5.10 Å². The van der Waals surface area contributed by atoms with Gasteiger partial charge in [-0.05, 0) is 60.3 Å². The van der Waals surface area contributed by atoms with Gasteiger partial charge in [-0.25, -0.2) is 0 Å². The molecule has 2 aromatic heterocycles. The molecule has 2 aromatic carbocycles. The molecule has 0 aliphatic carbocycles. The van der Waals surface area contributed by atoms with Crippen molar-refractivity contribution in [3.05, 3.63) is 101 Å². The molecule has 0 bridgehead atoms. The Labute approximate surface area is 189 Å². The van der Waals surface area contributed by atoms with Gasteiger partial charge < -0.3 is 9.73 Å². The highest BCUT2D eigenvalue weighted by atomic mass is 32.1. The molecule has 8 heteroatoms. The number of carbonyl (C=O) groups is 2. The van der Waals surface area contributed by atoms with Crippen LogP contribution in [0.15, 0.2) is 82.8 Å². The van der Waals surface area contributed by atoms with E-state index in [1.807, 2.05) is 55.5 Å². The first-order valence-electron chi connectivity index (χ1n) is 10.2. The van der Waals surface area contributed by atoms with Crippen LogP contribution in [0, 0.1) is 6.92 Å². The molecule has 4 aromatic rings. The lowest BCUT2D eigenvalue weighted by atomic mass is 10.1. The van der Waals surface area contributed by atoms with Crippen molar-refractivity contribution in [1.82, 2.24) is 14.9 Å². The maximum Gasteiger partial charge on any atom is 0.280 e. The molecule has 162 valence electrons. The Balaban J connectivity index is 1.66. The molecule has 2 amide bonds. The number of rotatable bonds is 8. The van der Waals surface area contributed by atoms with Crippen molar-refractivity contribution in [1.29, 1.82) is 0 Å². The highest BCUT2D eigenvalue weighted by Gasteiger charge is 2.36. The van der Waals surface area contributed by atoms with Crippen LogP contribution < -0.4 is 10.2 Å². The number of carbonyl (C=O) groups excluding carboxylic acids is 2. The van der Waals surface area contributed by atoms with Gasteiger partial charge >= 0.3 is 0 Å². The monoisotopic (exact) mass is 446 g/mol. The number of furan rings is 1. The Bertz CT molecular complexity index is 1160. The third kappa shape index (κ3) is 4.92. The van der Waals surface area contributed by atoms with Gasteiger partial charge in [0.1, 0.15) is 5.76 Å². The van der Waals surface area contributed by atoms with E-state index < -0.39 is 11.9 Å². The zero-order valence-corrected chi connectivity index (χ0v) is 18.3. The number of benzene rings is 2. The van der Waals surface area contributed by atoms with Crippen LogP contribution in [-0.4, -0.2) is 27.9 Å². The minimum Gasteiger partial charge on any atom is -0.467 e. The maximum atomic E-state index is 13.5. The predicted octanol–water partition coefficient (Wildman–Crippen LogP) is 4.19. The molecule has 1 N–H and O–H groups in total. The third-order valence-corrected chi connectivity index (χ3v) is 5.46. The maximum absolute atomic E-state index is 13.5. The van der Waals surface area contributed by atoms with E-state index in [0.717, 1.165) is 22.7 Å². The smallest absolute Gasteiger partial charge is 0.280 e. The highest BCUT2D eigenvalue weighted by molar-refractivity contribution is 7.03. The molecule has 1 atom stereocenters. The van der Waals surface area contributed by atoms with Gasteiger partial charge in [-0.3, -0.25) is 14.5 Å². The average Bonchev–Trinajstić information content (AvgIpc) is 3.52. The standard InChI is InChI=1S/C24H22N4O3S/c1-17-7-5-10-19(15-17)28(24(30)20-16-32-27-26-20)22(21-11-6-14-31-21)23(29)25-13-12-18-8-3-2-4-9-18/h2-11,14-16,22H,12-13H2,1H3,(H,25,29)/t22-/m1/s1. The van der Waals surface area contributed by atoms with Gasteiger partial charge in [0.15, 0.2) is 11.7 Å². The molecule has 7 nitrogen and oxygen atoms in total. The summed E-state index contributed by atoms with van der Waals surface area (Å²) in [5, 5.41) is 8.45. The molecule has 0 aliphatic rings. The van der Waals surface area contributed by atoms with E-state index in [9.17, 15) is 9.59 Å². The largest absolute Gasteiger partial charge is 0.467 e. The molecular formula is C24H22N4O3S. The van der Waals surface area contributed by atoms with Crippen LogP contribution in [0.2, 0.25) is 0 Å². The first-order valence-corrected chi connectivity index (χ1v) is 11.0. The molecule has 32 heavy (non-hydrogen) atoms. The number of hydrogen-bond acceptors (Lipinski definition) is 6. The molecule has 2 heterocycles. The number of nitrogens with one attached hydrogen (secondary N) is 1. The summed E-state index contributed by atoms with van der Waals surface area (Å²) in [6.07, 6.45) is 2.16. The molecule has 0 radical (unpaired) electrons. The van der Waals surface area contributed by atoms with Crippen molar-refractivity contribution >= 4 is 29.0 Å². The summed E-state index contributed by atoms with van der Waals surface area (Å²) in [5.74, 6) is -0.404. The molecular weight excluding hydrogens is 424 g/mol. The molecule has 0 spiro atoms. The van der Waals surface area contributed by atoms with Gasteiger partial charge in [0.25, 0.3) is 11.8 Å². The van der Waals surface area contributed by atoms with Crippen molar-refractivity contribution in [3.8, 4) is 0 Å². The lowest BCUT2D eigenvalue weighted by Crippen LogP contribution is -2.44. The molecule has 0 aliphatic heterocycles. The van der Waals surface area contributed by atoms with E-state index in [4.69, 9.17) is 4.42 Å². The lowest BCUT2D eigenvalue weighted by Gasteiger charge is -2.29. The van der Waals surface area contributed by atoms with Gasteiger partial charge in [-0.2, -0.15) is 0 Å². The lowest BCUT2D eigenvalue weighted by molar-refractivity contribution is -0.122. The number of hydrogen-bond donors (Lipinski definition) is 1. The quantitative estimate of drug-likeness (QED) is 0.439. The number of aromatic nitrogens is 2. The fraction of sp³-hybridized carbons (Fsp3) is 0.167. The van der Waals surface area contributed by atoms with Gasteiger partial charge in [0, 0.05) is 17.6 Å². The first kappa shape index (κ1) is 21.5. The zero-order chi connectivity index (χ0) is 22.3. The van der Waals surface area contributed by atoms with Crippen molar-refractivity contribution in [2.45, 2.75) is 19.4 Å². The fourth-order valence-corrected chi connectivity index (χ4v) is 3.86. The van der Waals surface area contributed by atoms with Crippen LogP contribution in [0.25, 0.3) is 0 Å². The Hall–Kier alpha value is -3.78. The van der Waals surface area contributed by atoms with Gasteiger partial charge in [0.2, 0.25) is 0 Å². The number of anilines is 1. The first-order chi connectivity index (χ1) is 15.6. The SMILES string of the molecule is Cc1cccc(N(C(=O)c2csnn2)[C@@H](C(=O)NCCc2ccccc2)c2ccco2)c1. The fourth-order valence-electron chi connectivity index (χ4n) is 3.43. The van der Waals surface area contributed by atoms with Crippen molar-refractivity contribution in [3.63, 3.8) is 0 Å². The van der Waals surface area contributed by atoms with Crippen LogP contribution in [0.5, 0.6) is 0 Å². The topological polar surface area (TPSA) is 88.3 Å². The summed E-state index contributed by atoms with van der Waals surface area (Å²) in [7, 11) is 0. The van der Waals surface area contributed by atoms with Crippen LogP contribution in [-0.2, 0) is 11.2 Å². The van der Waals surface area contributed by atoms with Crippen molar-refractivity contribution < 1.29 is 14.0 Å². The summed E-state index contributed by atoms with van der Waals surface area (Å²) in [6, 6.07) is 19.7. The van der Waals surface area contributed by atoms with E-state index in [-0.39, 0.29) is 11.6 Å². The van der Waals surface area contributed by atoms with Crippen molar-refractivity contribution in [2.75, 3.05) is 11.4 Å². The Morgan fingerprint density at radius 2 is 1.94 bits per heavy atom. The number of nitrogens with zero attached hydrogens (tertiary/aromatic N) is 3. The molecule has 0 unspecified atom stereocenters. The molecule has 4 rings (SSSR count). The van der Waals surface area contributed by atoms with E-state index >= 15 is 0 Å². The average molecular weight is 447 g/mol. The number of aryl methyl sites for hydroxylation is 1. The van der Waals surface area contributed by atoms with E-state index in [0.29, 0.717) is 24.4 Å². The Morgan fingerprint density at radius 1 is 1.09 bits per heavy atom. The summed E-state index contributed by atoms with van der Waals surface area (Å²) in [5.41, 5.74) is 2.81. The summed E-state index contributed by atoms with van der Waals surface area (Å²) in [6.45, 7) is 2.35. The van der Waals surface area contributed by atoms with Gasteiger partial charge in [0.05, 0.1) is 6.26 Å². The van der Waals surface area contributed by atoms with Crippen LogP contribution in [0.1, 0.15) is 33.4 Å². The predicted molar refractivity (Wildman–Crippen MR) is 123 cm³/mol. The Kier molecular flexibility index (Phi) is 6.72. The number of amides is 2.